The molecule has 0 atom stereocenters. The van der Waals surface area contributed by atoms with E-state index in [2.05, 4.69) is 34.5 Å². The zero-order valence-electron chi connectivity index (χ0n) is 18.5. The van der Waals surface area contributed by atoms with Crippen LogP contribution in [0.2, 0.25) is 0 Å². The topological polar surface area (TPSA) is 69.7 Å². The van der Waals surface area contributed by atoms with Crippen LogP contribution in [0.4, 0.5) is 5.69 Å². The summed E-state index contributed by atoms with van der Waals surface area (Å²) in [5.74, 6) is -0.134. The molecule has 1 saturated heterocycles. The van der Waals surface area contributed by atoms with Crippen molar-refractivity contribution in [2.24, 2.45) is 0 Å². The number of anilines is 1. The van der Waals surface area contributed by atoms with Gasteiger partial charge in [0.15, 0.2) is 0 Å². The summed E-state index contributed by atoms with van der Waals surface area (Å²) in [6.07, 6.45) is 3.92. The first-order valence-corrected chi connectivity index (χ1v) is 12.7. The number of carbonyl (C=O) groups is 1. The number of likely N-dealkylation sites (tertiary alicyclic amines) is 1. The van der Waals surface area contributed by atoms with Gasteiger partial charge in [-0.15, -0.1) is 0 Å². The van der Waals surface area contributed by atoms with Crippen LogP contribution in [0.15, 0.2) is 48.5 Å². The third-order valence-electron chi connectivity index (χ3n) is 5.74. The molecule has 2 aromatic carbocycles. The van der Waals surface area contributed by atoms with Crippen molar-refractivity contribution in [2.75, 3.05) is 29.7 Å². The summed E-state index contributed by atoms with van der Waals surface area (Å²) in [6.45, 7) is 7.58. The molecule has 1 heterocycles. The molecular weight excluding hydrogens is 410 g/mol. The number of hydrogen-bond acceptors (Lipinski definition) is 4. The van der Waals surface area contributed by atoms with Crippen molar-refractivity contribution in [3.63, 3.8) is 0 Å². The largest absolute Gasteiger partial charge is 0.348 e. The smallest absolute Gasteiger partial charge is 0.251 e. The van der Waals surface area contributed by atoms with E-state index >= 15 is 0 Å². The van der Waals surface area contributed by atoms with E-state index in [1.807, 2.05) is 0 Å². The van der Waals surface area contributed by atoms with Gasteiger partial charge in [0, 0.05) is 25.2 Å². The monoisotopic (exact) mass is 443 g/mol. The van der Waals surface area contributed by atoms with E-state index in [-0.39, 0.29) is 11.7 Å². The molecule has 0 spiro atoms. The summed E-state index contributed by atoms with van der Waals surface area (Å²) in [6, 6.07) is 15.1. The lowest BCUT2D eigenvalue weighted by Crippen LogP contribution is -2.32. The van der Waals surface area contributed by atoms with Gasteiger partial charge in [-0.2, -0.15) is 0 Å². The van der Waals surface area contributed by atoms with Gasteiger partial charge >= 0.3 is 0 Å². The lowest BCUT2D eigenvalue weighted by molar-refractivity contribution is 0.0951. The minimum absolute atomic E-state index is 0.0416. The second-order valence-electron chi connectivity index (χ2n) is 7.95. The van der Waals surface area contributed by atoms with Gasteiger partial charge in [0.1, 0.15) is 0 Å². The number of benzene rings is 2. The third-order valence-corrected chi connectivity index (χ3v) is 7.61. The number of nitrogens with zero attached hydrogens (tertiary/aromatic N) is 2. The van der Waals surface area contributed by atoms with Crippen molar-refractivity contribution in [3.8, 4) is 0 Å². The van der Waals surface area contributed by atoms with Crippen molar-refractivity contribution in [2.45, 2.75) is 46.2 Å². The maximum Gasteiger partial charge on any atom is 0.251 e. The highest BCUT2D eigenvalue weighted by Gasteiger charge is 2.19. The first-order chi connectivity index (χ1) is 14.9. The Morgan fingerprint density at radius 2 is 1.55 bits per heavy atom. The highest BCUT2D eigenvalue weighted by molar-refractivity contribution is 7.92. The highest BCUT2D eigenvalue weighted by atomic mass is 32.2. The van der Waals surface area contributed by atoms with Gasteiger partial charge in [-0.1, -0.05) is 30.7 Å². The molecule has 2 aromatic rings. The van der Waals surface area contributed by atoms with Gasteiger partial charge in [0.05, 0.1) is 11.4 Å². The number of amides is 1. The molecule has 31 heavy (non-hydrogen) atoms. The standard InChI is InChI=1S/C24H33N3O3S/c1-3-27(31(29,30)4-2)23-14-12-22(13-15-23)24(28)25-18-20-8-10-21(11-9-20)19-26-16-6-5-7-17-26/h8-15H,3-7,16-19H2,1-2H3,(H,25,28). The molecule has 1 N–H and O–H groups in total. The fourth-order valence-corrected chi connectivity index (χ4v) is 5.05. The van der Waals surface area contributed by atoms with Crippen LogP contribution in [0, 0.1) is 0 Å². The summed E-state index contributed by atoms with van der Waals surface area (Å²) in [5, 5.41) is 2.94. The quantitative estimate of drug-likeness (QED) is 0.640. The zero-order chi connectivity index (χ0) is 22.3. The molecule has 1 aliphatic rings. The minimum Gasteiger partial charge on any atom is -0.348 e. The first-order valence-electron chi connectivity index (χ1n) is 11.1. The van der Waals surface area contributed by atoms with Crippen molar-refractivity contribution in [1.82, 2.24) is 10.2 Å². The summed E-state index contributed by atoms with van der Waals surface area (Å²) in [5.41, 5.74) is 3.44. The van der Waals surface area contributed by atoms with Crippen LogP contribution in [0.1, 0.15) is 54.6 Å². The Kier molecular flexibility index (Phi) is 8.09. The summed E-state index contributed by atoms with van der Waals surface area (Å²) < 4.78 is 25.7. The van der Waals surface area contributed by atoms with Crippen molar-refractivity contribution in [3.05, 3.63) is 65.2 Å². The summed E-state index contributed by atoms with van der Waals surface area (Å²) >= 11 is 0. The number of rotatable bonds is 9. The molecule has 1 aliphatic heterocycles. The Morgan fingerprint density at radius 1 is 0.935 bits per heavy atom. The van der Waals surface area contributed by atoms with Crippen LogP contribution in [-0.2, 0) is 23.1 Å². The molecule has 0 radical (unpaired) electrons. The molecule has 0 saturated carbocycles. The zero-order valence-corrected chi connectivity index (χ0v) is 19.3. The number of piperidine rings is 1. The van der Waals surface area contributed by atoms with Gasteiger partial charge in [-0.05, 0) is 75.2 Å². The number of hydrogen-bond donors (Lipinski definition) is 1. The first kappa shape index (κ1) is 23.3. The summed E-state index contributed by atoms with van der Waals surface area (Å²) in [4.78, 5) is 15.0. The average Bonchev–Trinajstić information content (AvgIpc) is 2.80. The van der Waals surface area contributed by atoms with Crippen LogP contribution in [0.3, 0.4) is 0 Å². The second-order valence-corrected chi connectivity index (χ2v) is 10.1. The Balaban J connectivity index is 1.54. The van der Waals surface area contributed by atoms with Crippen LogP contribution < -0.4 is 9.62 Å². The maximum absolute atomic E-state index is 12.5. The fraction of sp³-hybridized carbons (Fsp3) is 0.458. The van der Waals surface area contributed by atoms with Crippen LogP contribution in [-0.4, -0.2) is 44.6 Å². The Hall–Kier alpha value is -2.38. The van der Waals surface area contributed by atoms with E-state index in [1.54, 1.807) is 38.1 Å². The predicted molar refractivity (Wildman–Crippen MR) is 126 cm³/mol. The number of sulfonamides is 1. The van der Waals surface area contributed by atoms with Gasteiger partial charge < -0.3 is 5.32 Å². The van der Waals surface area contributed by atoms with E-state index in [0.717, 1.165) is 12.1 Å². The van der Waals surface area contributed by atoms with Crippen molar-refractivity contribution >= 4 is 21.6 Å². The molecule has 0 aliphatic carbocycles. The van der Waals surface area contributed by atoms with E-state index in [1.165, 1.54) is 42.2 Å². The average molecular weight is 444 g/mol. The van der Waals surface area contributed by atoms with E-state index in [0.29, 0.717) is 24.3 Å². The normalized spacial score (nSPS) is 14.9. The van der Waals surface area contributed by atoms with Gasteiger partial charge in [0.25, 0.3) is 5.91 Å². The minimum atomic E-state index is -3.33. The van der Waals surface area contributed by atoms with Crippen LogP contribution >= 0.6 is 0 Å². The molecule has 1 fully saturated rings. The van der Waals surface area contributed by atoms with Gasteiger partial charge in [-0.25, -0.2) is 8.42 Å². The molecule has 0 bridgehead atoms. The Morgan fingerprint density at radius 3 is 2.13 bits per heavy atom. The Labute approximate surface area is 186 Å². The molecular formula is C24H33N3O3S. The molecule has 6 nitrogen and oxygen atoms in total. The molecule has 0 unspecified atom stereocenters. The Bertz CT molecular complexity index is 951. The van der Waals surface area contributed by atoms with Gasteiger partial charge in [-0.3, -0.25) is 14.0 Å². The SMILES string of the molecule is CCN(c1ccc(C(=O)NCc2ccc(CN3CCCCC3)cc2)cc1)S(=O)(=O)CC. The fourth-order valence-electron chi connectivity index (χ4n) is 3.90. The third kappa shape index (κ3) is 6.31. The predicted octanol–water partition coefficient (Wildman–Crippen LogP) is 3.78. The van der Waals surface area contributed by atoms with E-state index in [4.69, 9.17) is 0 Å². The van der Waals surface area contributed by atoms with Crippen molar-refractivity contribution in [1.29, 1.82) is 0 Å². The molecule has 0 aromatic heterocycles. The van der Waals surface area contributed by atoms with Crippen LogP contribution in [0.5, 0.6) is 0 Å². The lowest BCUT2D eigenvalue weighted by Gasteiger charge is -2.26. The van der Waals surface area contributed by atoms with E-state index < -0.39 is 10.0 Å². The second kappa shape index (κ2) is 10.8. The molecule has 3 rings (SSSR count). The molecule has 7 heteroatoms. The van der Waals surface area contributed by atoms with Gasteiger partial charge in [0.2, 0.25) is 10.0 Å². The van der Waals surface area contributed by atoms with Crippen molar-refractivity contribution < 1.29 is 13.2 Å². The number of nitrogens with one attached hydrogen (secondary N) is 1. The van der Waals surface area contributed by atoms with E-state index in [9.17, 15) is 13.2 Å². The summed E-state index contributed by atoms with van der Waals surface area (Å²) in [7, 11) is -3.33. The maximum atomic E-state index is 12.5. The number of carbonyl (C=O) groups excluding carboxylic acids is 1. The van der Waals surface area contributed by atoms with Crippen LogP contribution in [0.25, 0.3) is 0 Å². The molecule has 168 valence electrons. The molecule has 1 amide bonds. The lowest BCUT2D eigenvalue weighted by atomic mass is 10.1. The highest BCUT2D eigenvalue weighted by Crippen LogP contribution is 2.19.